The van der Waals surface area contributed by atoms with Crippen LogP contribution >= 0.6 is 0 Å². The highest BCUT2D eigenvalue weighted by molar-refractivity contribution is 6.74. The molecule has 0 atom stereocenters. The van der Waals surface area contributed by atoms with Crippen LogP contribution in [0.2, 0.25) is 18.1 Å². The third kappa shape index (κ3) is 4.31. The molecule has 0 aliphatic heterocycles. The van der Waals surface area contributed by atoms with E-state index in [-0.39, 0.29) is 5.04 Å². The Bertz CT molecular complexity index is 399. The summed E-state index contributed by atoms with van der Waals surface area (Å²) in [6.45, 7) is 11.9. The summed E-state index contributed by atoms with van der Waals surface area (Å²) in [5.41, 5.74) is 1.08. The van der Waals surface area contributed by atoms with Crippen LogP contribution in [-0.2, 0) is 4.43 Å². The molecule has 0 saturated carbocycles. The van der Waals surface area contributed by atoms with Gasteiger partial charge in [0, 0.05) is 0 Å². The van der Waals surface area contributed by atoms with Gasteiger partial charge in [0.05, 0.1) is 6.61 Å². The molecule has 0 unspecified atom stereocenters. The average Bonchev–Trinajstić information content (AvgIpc) is 2.25. The third-order valence-corrected chi connectivity index (χ3v) is 8.05. The lowest BCUT2D eigenvalue weighted by atomic mass is 10.2. The maximum absolute atomic E-state index is 9.18. The predicted molar refractivity (Wildman–Crippen MR) is 80.3 cm³/mol. The van der Waals surface area contributed by atoms with Crippen LogP contribution in [-0.4, -0.2) is 20.0 Å². The summed E-state index contributed by atoms with van der Waals surface area (Å²) in [4.78, 5) is 0. The lowest BCUT2D eigenvalue weighted by Crippen LogP contribution is -2.40. The molecule has 0 aromatic heterocycles. The van der Waals surface area contributed by atoms with Gasteiger partial charge in [-0.05, 0) is 35.8 Å². The zero-order valence-electron chi connectivity index (χ0n) is 12.0. The number of phenols is 1. The largest absolute Gasteiger partial charge is 0.508 e. The predicted octanol–water partition coefficient (Wildman–Crippen LogP) is 4.43. The molecule has 1 rings (SSSR count). The molecule has 0 aliphatic rings. The van der Waals surface area contributed by atoms with Gasteiger partial charge in [0.1, 0.15) is 5.75 Å². The molecule has 0 heterocycles. The molecule has 0 aliphatic carbocycles. The minimum atomic E-state index is -1.64. The van der Waals surface area contributed by atoms with Crippen molar-refractivity contribution in [1.82, 2.24) is 0 Å². The fourth-order valence-electron chi connectivity index (χ4n) is 1.24. The summed E-state index contributed by atoms with van der Waals surface area (Å²) in [5.74, 6) is 0.296. The van der Waals surface area contributed by atoms with Gasteiger partial charge < -0.3 is 9.53 Å². The van der Waals surface area contributed by atoms with Crippen LogP contribution in [0.4, 0.5) is 0 Å². The van der Waals surface area contributed by atoms with E-state index in [0.717, 1.165) is 5.56 Å². The number of hydrogen-bond acceptors (Lipinski definition) is 2. The van der Waals surface area contributed by atoms with E-state index in [1.54, 1.807) is 12.1 Å². The minimum absolute atomic E-state index is 0.249. The molecule has 0 radical (unpaired) electrons. The van der Waals surface area contributed by atoms with E-state index in [0.29, 0.717) is 12.4 Å². The van der Waals surface area contributed by atoms with Crippen molar-refractivity contribution in [2.24, 2.45) is 0 Å². The second-order valence-electron chi connectivity index (χ2n) is 6.07. The first-order valence-corrected chi connectivity index (χ1v) is 9.23. The van der Waals surface area contributed by atoms with E-state index in [2.05, 4.69) is 33.9 Å². The molecule has 0 saturated heterocycles. The quantitative estimate of drug-likeness (QED) is 0.815. The average molecular weight is 264 g/mol. The zero-order chi connectivity index (χ0) is 13.8. The van der Waals surface area contributed by atoms with Gasteiger partial charge in [-0.25, -0.2) is 0 Å². The van der Waals surface area contributed by atoms with E-state index in [4.69, 9.17) is 4.43 Å². The SMILES string of the molecule is CC(C)(C)[Si](C)(C)OC/C=C\c1ccc(O)cc1. The van der Waals surface area contributed by atoms with Gasteiger partial charge in [0.15, 0.2) is 8.32 Å². The minimum Gasteiger partial charge on any atom is -0.508 e. The van der Waals surface area contributed by atoms with Crippen LogP contribution in [0.1, 0.15) is 26.3 Å². The molecule has 1 aromatic carbocycles. The summed E-state index contributed by atoms with van der Waals surface area (Å²) >= 11 is 0. The van der Waals surface area contributed by atoms with Crippen molar-refractivity contribution in [2.75, 3.05) is 6.61 Å². The Balaban J connectivity index is 2.49. The van der Waals surface area contributed by atoms with Crippen LogP contribution in [0.3, 0.4) is 0 Å². The number of hydrogen-bond donors (Lipinski definition) is 1. The summed E-state index contributed by atoms with van der Waals surface area (Å²) in [6, 6.07) is 7.15. The number of benzene rings is 1. The van der Waals surface area contributed by atoms with Gasteiger partial charge in [0.25, 0.3) is 0 Å². The van der Waals surface area contributed by atoms with Gasteiger partial charge in [-0.2, -0.15) is 0 Å². The van der Waals surface area contributed by atoms with Gasteiger partial charge in [0.2, 0.25) is 0 Å². The van der Waals surface area contributed by atoms with Crippen LogP contribution in [0.15, 0.2) is 30.3 Å². The number of aromatic hydroxyl groups is 1. The van der Waals surface area contributed by atoms with E-state index < -0.39 is 8.32 Å². The van der Waals surface area contributed by atoms with Crippen molar-refractivity contribution in [3.8, 4) is 5.75 Å². The number of phenolic OH excluding ortho intramolecular Hbond substituents is 1. The molecule has 1 N–H and O–H groups in total. The molecule has 0 spiro atoms. The Morgan fingerprint density at radius 1 is 1.17 bits per heavy atom. The second-order valence-corrected chi connectivity index (χ2v) is 10.9. The van der Waals surface area contributed by atoms with Crippen molar-refractivity contribution in [3.05, 3.63) is 35.9 Å². The van der Waals surface area contributed by atoms with Crippen LogP contribution in [0.25, 0.3) is 6.08 Å². The lowest BCUT2D eigenvalue weighted by Gasteiger charge is -2.35. The summed E-state index contributed by atoms with van der Waals surface area (Å²) < 4.78 is 6.04. The van der Waals surface area contributed by atoms with Crippen LogP contribution < -0.4 is 0 Å². The van der Waals surface area contributed by atoms with Crippen LogP contribution in [0.5, 0.6) is 5.75 Å². The first kappa shape index (κ1) is 15.0. The Morgan fingerprint density at radius 3 is 2.22 bits per heavy atom. The summed E-state index contributed by atoms with van der Waals surface area (Å²) in [7, 11) is -1.64. The van der Waals surface area contributed by atoms with Crippen molar-refractivity contribution in [1.29, 1.82) is 0 Å². The monoisotopic (exact) mass is 264 g/mol. The maximum atomic E-state index is 9.18. The van der Waals surface area contributed by atoms with Crippen molar-refractivity contribution in [3.63, 3.8) is 0 Å². The molecule has 0 amide bonds. The summed E-state index contributed by atoms with van der Waals surface area (Å²) in [5, 5.41) is 9.43. The third-order valence-electron chi connectivity index (χ3n) is 3.55. The standard InChI is InChI=1S/C15H24O2Si/c1-15(2,3)18(4,5)17-12-6-7-13-8-10-14(16)11-9-13/h6-11,16H,12H2,1-5H3/b7-6-. The lowest BCUT2D eigenvalue weighted by molar-refractivity contribution is 0.328. The van der Waals surface area contributed by atoms with E-state index >= 15 is 0 Å². The Morgan fingerprint density at radius 2 is 1.72 bits per heavy atom. The number of rotatable bonds is 4. The van der Waals surface area contributed by atoms with Gasteiger partial charge >= 0.3 is 0 Å². The van der Waals surface area contributed by atoms with Gasteiger partial charge in [-0.15, -0.1) is 0 Å². The maximum Gasteiger partial charge on any atom is 0.192 e. The van der Waals surface area contributed by atoms with E-state index in [1.165, 1.54) is 0 Å². The van der Waals surface area contributed by atoms with Crippen molar-refractivity contribution < 1.29 is 9.53 Å². The van der Waals surface area contributed by atoms with Gasteiger partial charge in [-0.1, -0.05) is 45.1 Å². The Hall–Kier alpha value is -1.06. The second kappa shape index (κ2) is 5.72. The molecule has 0 fully saturated rings. The Kier molecular flexibility index (Phi) is 4.76. The summed E-state index contributed by atoms with van der Waals surface area (Å²) in [6.07, 6.45) is 4.06. The topological polar surface area (TPSA) is 29.5 Å². The molecular formula is C15H24O2Si. The molecule has 18 heavy (non-hydrogen) atoms. The van der Waals surface area contributed by atoms with Crippen LogP contribution in [0, 0.1) is 0 Å². The highest BCUT2D eigenvalue weighted by atomic mass is 28.4. The van der Waals surface area contributed by atoms with E-state index in [9.17, 15) is 5.11 Å². The fourth-order valence-corrected chi connectivity index (χ4v) is 2.19. The molecule has 100 valence electrons. The zero-order valence-corrected chi connectivity index (χ0v) is 13.0. The first-order chi connectivity index (χ1) is 8.22. The Labute approximate surface area is 111 Å². The van der Waals surface area contributed by atoms with Crippen molar-refractivity contribution >= 4 is 14.4 Å². The first-order valence-electron chi connectivity index (χ1n) is 6.32. The fraction of sp³-hybridized carbons (Fsp3) is 0.467. The molecular weight excluding hydrogens is 240 g/mol. The molecule has 1 aromatic rings. The van der Waals surface area contributed by atoms with Gasteiger partial charge in [-0.3, -0.25) is 0 Å². The van der Waals surface area contributed by atoms with Crippen molar-refractivity contribution in [2.45, 2.75) is 38.9 Å². The highest BCUT2D eigenvalue weighted by Crippen LogP contribution is 2.36. The smallest absolute Gasteiger partial charge is 0.192 e. The molecule has 0 bridgehead atoms. The van der Waals surface area contributed by atoms with E-state index in [1.807, 2.05) is 24.3 Å². The highest BCUT2D eigenvalue weighted by Gasteiger charge is 2.36. The normalized spacial score (nSPS) is 13.2. The molecule has 3 heteroatoms. The molecule has 2 nitrogen and oxygen atoms in total.